The van der Waals surface area contributed by atoms with Gasteiger partial charge in [-0.05, 0) is 12.5 Å². The van der Waals surface area contributed by atoms with Crippen molar-refractivity contribution in [2.24, 2.45) is 0 Å². The van der Waals surface area contributed by atoms with E-state index in [9.17, 15) is 4.79 Å². The van der Waals surface area contributed by atoms with Gasteiger partial charge in [-0.15, -0.1) is 0 Å². The summed E-state index contributed by atoms with van der Waals surface area (Å²) in [5, 5.41) is 0.237. The molecule has 0 aliphatic heterocycles. The normalized spacial score (nSPS) is 10.4. The van der Waals surface area contributed by atoms with Crippen LogP contribution in [0.15, 0.2) is 12.3 Å². The number of rotatable bonds is 8. The van der Waals surface area contributed by atoms with Gasteiger partial charge in [-0.3, -0.25) is 0 Å². The molecule has 106 valence electrons. The van der Waals surface area contributed by atoms with E-state index in [1.165, 1.54) is 37.9 Å². The highest BCUT2D eigenvalue weighted by molar-refractivity contribution is 6.29. The van der Waals surface area contributed by atoms with Gasteiger partial charge >= 0.3 is 5.97 Å². The first-order valence-corrected chi connectivity index (χ1v) is 7.11. The monoisotopic (exact) mass is 284 g/mol. The molecule has 0 aliphatic carbocycles. The van der Waals surface area contributed by atoms with Crippen molar-refractivity contribution in [2.45, 2.75) is 45.4 Å². The number of hydrogen-bond acceptors (Lipinski definition) is 4. The van der Waals surface area contributed by atoms with Crippen LogP contribution < -0.4 is 5.73 Å². The van der Waals surface area contributed by atoms with Crippen molar-refractivity contribution in [3.05, 3.63) is 23.0 Å². The Kier molecular flexibility index (Phi) is 7.26. The molecule has 0 aromatic carbocycles. The van der Waals surface area contributed by atoms with Crippen LogP contribution in [0.5, 0.6) is 0 Å². The number of ether oxygens (including phenoxy) is 1. The van der Waals surface area contributed by atoms with Gasteiger partial charge in [-0.25, -0.2) is 9.78 Å². The van der Waals surface area contributed by atoms with Crippen molar-refractivity contribution in [3.8, 4) is 0 Å². The smallest absolute Gasteiger partial charge is 0.340 e. The van der Waals surface area contributed by atoms with Crippen LogP contribution in [0.2, 0.25) is 5.15 Å². The second-order valence-electron chi connectivity index (χ2n) is 4.50. The Labute approximate surface area is 119 Å². The number of pyridine rings is 1. The molecule has 0 saturated carbocycles. The molecule has 2 N–H and O–H groups in total. The standard InChI is InChI=1S/C14H21ClN2O2/c1-2-3-4-5-6-7-8-19-14(18)11-9-13(15)17-10-12(11)16/h9-10H,2-8,16H2,1H3. The van der Waals surface area contributed by atoms with Gasteiger partial charge in [-0.2, -0.15) is 0 Å². The molecule has 0 amide bonds. The van der Waals surface area contributed by atoms with E-state index in [1.807, 2.05) is 0 Å². The number of nitrogens with zero attached hydrogens (tertiary/aromatic N) is 1. The fourth-order valence-corrected chi connectivity index (χ4v) is 1.90. The average Bonchev–Trinajstić information content (AvgIpc) is 2.40. The number of anilines is 1. The van der Waals surface area contributed by atoms with Crippen molar-refractivity contribution in [3.63, 3.8) is 0 Å². The van der Waals surface area contributed by atoms with E-state index in [4.69, 9.17) is 22.1 Å². The molecule has 0 radical (unpaired) electrons. The lowest BCUT2D eigenvalue weighted by molar-refractivity contribution is 0.0499. The molecule has 19 heavy (non-hydrogen) atoms. The molecule has 0 spiro atoms. The summed E-state index contributed by atoms with van der Waals surface area (Å²) in [5.74, 6) is -0.435. The Bertz CT molecular complexity index is 410. The van der Waals surface area contributed by atoms with Gasteiger partial charge in [0.25, 0.3) is 0 Å². The lowest BCUT2D eigenvalue weighted by Crippen LogP contribution is -2.09. The van der Waals surface area contributed by atoms with Gasteiger partial charge in [0, 0.05) is 0 Å². The number of unbranched alkanes of at least 4 members (excludes halogenated alkanes) is 5. The van der Waals surface area contributed by atoms with E-state index in [-0.39, 0.29) is 16.4 Å². The lowest BCUT2D eigenvalue weighted by atomic mass is 10.1. The molecular weight excluding hydrogens is 264 g/mol. The number of halogens is 1. The summed E-state index contributed by atoms with van der Waals surface area (Å²) >= 11 is 5.72. The third-order valence-corrected chi connectivity index (χ3v) is 3.06. The molecular formula is C14H21ClN2O2. The summed E-state index contributed by atoms with van der Waals surface area (Å²) in [4.78, 5) is 15.6. The maximum atomic E-state index is 11.8. The molecule has 0 bridgehead atoms. The van der Waals surface area contributed by atoms with Gasteiger partial charge in [-0.1, -0.05) is 50.6 Å². The molecule has 1 aromatic rings. The van der Waals surface area contributed by atoms with Crippen molar-refractivity contribution in [1.82, 2.24) is 4.98 Å². The van der Waals surface area contributed by atoms with Crippen molar-refractivity contribution in [1.29, 1.82) is 0 Å². The summed E-state index contributed by atoms with van der Waals surface area (Å²) in [6.45, 7) is 2.61. The minimum Gasteiger partial charge on any atom is -0.462 e. The SMILES string of the molecule is CCCCCCCCOC(=O)c1cc(Cl)ncc1N. The maximum Gasteiger partial charge on any atom is 0.340 e. The van der Waals surface area contributed by atoms with E-state index in [0.29, 0.717) is 6.61 Å². The van der Waals surface area contributed by atoms with Gasteiger partial charge in [0.2, 0.25) is 0 Å². The topological polar surface area (TPSA) is 65.2 Å². The summed E-state index contributed by atoms with van der Waals surface area (Å²) in [6.07, 6.45) is 8.27. The van der Waals surface area contributed by atoms with E-state index >= 15 is 0 Å². The molecule has 5 heteroatoms. The summed E-state index contributed by atoms with van der Waals surface area (Å²) in [5.41, 5.74) is 6.23. The molecule has 0 aliphatic rings. The number of esters is 1. The first-order valence-electron chi connectivity index (χ1n) is 6.73. The van der Waals surface area contributed by atoms with Crippen LogP contribution in [-0.4, -0.2) is 17.6 Å². The Morgan fingerprint density at radius 2 is 2.00 bits per heavy atom. The number of carbonyl (C=O) groups is 1. The Morgan fingerprint density at radius 1 is 1.32 bits per heavy atom. The number of nitrogens with two attached hydrogens (primary N) is 1. The van der Waals surface area contributed by atoms with Crippen LogP contribution >= 0.6 is 11.6 Å². The third-order valence-electron chi connectivity index (χ3n) is 2.85. The Hall–Kier alpha value is -1.29. The lowest BCUT2D eigenvalue weighted by Gasteiger charge is -2.07. The van der Waals surface area contributed by atoms with Crippen molar-refractivity contribution < 1.29 is 9.53 Å². The van der Waals surface area contributed by atoms with Gasteiger partial charge < -0.3 is 10.5 Å². The van der Waals surface area contributed by atoms with E-state index in [0.717, 1.165) is 12.8 Å². The maximum absolute atomic E-state index is 11.8. The third kappa shape index (κ3) is 5.92. The van der Waals surface area contributed by atoms with Crippen LogP contribution in [0.1, 0.15) is 55.8 Å². The second kappa shape index (κ2) is 8.75. The molecule has 1 rings (SSSR count). The van der Waals surface area contributed by atoms with Gasteiger partial charge in [0.05, 0.1) is 24.1 Å². The largest absolute Gasteiger partial charge is 0.462 e. The minimum atomic E-state index is -0.435. The zero-order chi connectivity index (χ0) is 14.1. The Balaban J connectivity index is 2.26. The number of carbonyl (C=O) groups excluding carboxylic acids is 1. The van der Waals surface area contributed by atoms with E-state index in [2.05, 4.69) is 11.9 Å². The molecule has 0 fully saturated rings. The zero-order valence-corrected chi connectivity index (χ0v) is 12.1. The number of nitrogen functional groups attached to an aromatic ring is 1. The van der Waals surface area contributed by atoms with Gasteiger partial charge in [0.15, 0.2) is 0 Å². The molecule has 1 heterocycles. The fraction of sp³-hybridized carbons (Fsp3) is 0.571. The van der Waals surface area contributed by atoms with E-state index < -0.39 is 5.97 Å². The first-order chi connectivity index (χ1) is 9.15. The highest BCUT2D eigenvalue weighted by atomic mass is 35.5. The van der Waals surface area contributed by atoms with E-state index in [1.54, 1.807) is 0 Å². The Morgan fingerprint density at radius 3 is 2.74 bits per heavy atom. The number of aromatic nitrogens is 1. The highest BCUT2D eigenvalue weighted by Gasteiger charge is 2.12. The summed E-state index contributed by atoms with van der Waals surface area (Å²) < 4.78 is 5.17. The summed E-state index contributed by atoms with van der Waals surface area (Å²) in [7, 11) is 0. The predicted molar refractivity (Wildman–Crippen MR) is 77.3 cm³/mol. The predicted octanol–water partition coefficient (Wildman–Crippen LogP) is 3.83. The van der Waals surface area contributed by atoms with Crippen LogP contribution in [-0.2, 0) is 4.74 Å². The van der Waals surface area contributed by atoms with Gasteiger partial charge in [0.1, 0.15) is 5.15 Å². The molecule has 4 nitrogen and oxygen atoms in total. The highest BCUT2D eigenvalue weighted by Crippen LogP contribution is 2.16. The second-order valence-corrected chi connectivity index (χ2v) is 4.89. The zero-order valence-electron chi connectivity index (χ0n) is 11.3. The fourth-order valence-electron chi connectivity index (χ4n) is 1.74. The minimum absolute atomic E-state index is 0.237. The molecule has 0 saturated heterocycles. The van der Waals surface area contributed by atoms with Crippen molar-refractivity contribution >= 4 is 23.3 Å². The quantitative estimate of drug-likeness (QED) is 0.447. The molecule has 0 unspecified atom stereocenters. The van der Waals surface area contributed by atoms with Crippen LogP contribution in [0.3, 0.4) is 0 Å². The average molecular weight is 285 g/mol. The molecule has 0 atom stereocenters. The first kappa shape index (κ1) is 15.8. The summed E-state index contributed by atoms with van der Waals surface area (Å²) in [6, 6.07) is 1.43. The number of hydrogen-bond donors (Lipinski definition) is 1. The van der Waals surface area contributed by atoms with Crippen LogP contribution in [0.4, 0.5) is 5.69 Å². The van der Waals surface area contributed by atoms with Crippen LogP contribution in [0, 0.1) is 0 Å². The van der Waals surface area contributed by atoms with Crippen molar-refractivity contribution in [2.75, 3.05) is 12.3 Å². The van der Waals surface area contributed by atoms with Crippen LogP contribution in [0.25, 0.3) is 0 Å². The molecule has 1 aromatic heterocycles.